The SMILES string of the molecule is CC1CC[C@H]1O. The first-order valence-electron chi connectivity index (χ1n) is 2.49. The van der Waals surface area contributed by atoms with Crippen molar-refractivity contribution < 1.29 is 5.11 Å². The number of aliphatic hydroxyl groups excluding tert-OH is 1. The summed E-state index contributed by atoms with van der Waals surface area (Å²) in [5.41, 5.74) is 0. The average Bonchev–Trinajstić information content (AvgIpc) is 1.61. The Labute approximate surface area is 38.0 Å². The molecule has 1 nitrogen and oxygen atoms in total. The fourth-order valence-corrected chi connectivity index (χ4v) is 0.649. The highest BCUT2D eigenvalue weighted by Gasteiger charge is 2.23. The van der Waals surface area contributed by atoms with E-state index in [0.717, 1.165) is 6.42 Å². The second-order valence-corrected chi connectivity index (χ2v) is 2.12. The highest BCUT2D eigenvalue weighted by atomic mass is 16.3. The van der Waals surface area contributed by atoms with Crippen LogP contribution in [0.2, 0.25) is 0 Å². The van der Waals surface area contributed by atoms with E-state index in [2.05, 4.69) is 6.92 Å². The van der Waals surface area contributed by atoms with Crippen LogP contribution in [0.3, 0.4) is 0 Å². The third kappa shape index (κ3) is 0.432. The Kier molecular flexibility index (Phi) is 0.845. The highest BCUT2D eigenvalue weighted by molar-refractivity contribution is 4.74. The van der Waals surface area contributed by atoms with Crippen molar-refractivity contribution in [1.29, 1.82) is 0 Å². The summed E-state index contributed by atoms with van der Waals surface area (Å²) < 4.78 is 0. The molecule has 1 unspecified atom stereocenters. The van der Waals surface area contributed by atoms with E-state index < -0.39 is 0 Å². The minimum Gasteiger partial charge on any atom is -0.393 e. The minimum atomic E-state index is 0.0324. The molecular formula is C5H10O. The molecule has 1 fully saturated rings. The summed E-state index contributed by atoms with van der Waals surface area (Å²) in [6, 6.07) is 0. The Morgan fingerprint density at radius 2 is 2.00 bits per heavy atom. The van der Waals surface area contributed by atoms with Gasteiger partial charge in [0.15, 0.2) is 0 Å². The van der Waals surface area contributed by atoms with Crippen molar-refractivity contribution in [3.05, 3.63) is 0 Å². The lowest BCUT2D eigenvalue weighted by atomic mass is 9.84. The van der Waals surface area contributed by atoms with Crippen LogP contribution in [0, 0.1) is 5.92 Å². The van der Waals surface area contributed by atoms with Crippen molar-refractivity contribution >= 4 is 0 Å². The molecule has 6 heavy (non-hydrogen) atoms. The standard InChI is InChI=1S/C5H10O/c1-4-2-3-5(4)6/h4-6H,2-3H2,1H3/t4?,5-/m1/s1. The van der Waals surface area contributed by atoms with Gasteiger partial charge >= 0.3 is 0 Å². The lowest BCUT2D eigenvalue weighted by Crippen LogP contribution is -2.27. The average molecular weight is 86.1 g/mol. The van der Waals surface area contributed by atoms with Crippen molar-refractivity contribution in [1.82, 2.24) is 0 Å². The zero-order valence-corrected chi connectivity index (χ0v) is 4.02. The predicted octanol–water partition coefficient (Wildman–Crippen LogP) is 0.777. The van der Waals surface area contributed by atoms with Gasteiger partial charge in [-0.2, -0.15) is 0 Å². The quantitative estimate of drug-likeness (QED) is 0.462. The van der Waals surface area contributed by atoms with Crippen molar-refractivity contribution in [2.24, 2.45) is 5.92 Å². The Balaban J connectivity index is 2.20. The van der Waals surface area contributed by atoms with Gasteiger partial charge in [0.25, 0.3) is 0 Å². The third-order valence-electron chi connectivity index (χ3n) is 1.57. The van der Waals surface area contributed by atoms with E-state index in [9.17, 15) is 0 Å². The van der Waals surface area contributed by atoms with E-state index in [1.54, 1.807) is 0 Å². The topological polar surface area (TPSA) is 20.2 Å². The molecule has 1 rings (SSSR count). The fraction of sp³-hybridized carbons (Fsp3) is 1.00. The lowest BCUT2D eigenvalue weighted by Gasteiger charge is -2.28. The van der Waals surface area contributed by atoms with Gasteiger partial charge in [-0.1, -0.05) is 6.92 Å². The van der Waals surface area contributed by atoms with Crippen LogP contribution in [-0.4, -0.2) is 11.2 Å². The van der Waals surface area contributed by atoms with Crippen LogP contribution in [0.5, 0.6) is 0 Å². The monoisotopic (exact) mass is 86.1 g/mol. The molecule has 0 aromatic heterocycles. The summed E-state index contributed by atoms with van der Waals surface area (Å²) in [4.78, 5) is 0. The highest BCUT2D eigenvalue weighted by Crippen LogP contribution is 2.25. The van der Waals surface area contributed by atoms with Crippen molar-refractivity contribution in [2.45, 2.75) is 25.9 Å². The first-order chi connectivity index (χ1) is 2.80. The zero-order chi connectivity index (χ0) is 4.57. The number of hydrogen-bond donors (Lipinski definition) is 1. The molecule has 0 saturated heterocycles. The summed E-state index contributed by atoms with van der Waals surface area (Å²) in [5.74, 6) is 0.588. The van der Waals surface area contributed by atoms with Crippen LogP contribution in [0.15, 0.2) is 0 Å². The maximum absolute atomic E-state index is 8.72. The van der Waals surface area contributed by atoms with Crippen molar-refractivity contribution in [3.8, 4) is 0 Å². The Morgan fingerprint density at radius 1 is 1.50 bits per heavy atom. The van der Waals surface area contributed by atoms with Crippen LogP contribution in [-0.2, 0) is 0 Å². The summed E-state index contributed by atoms with van der Waals surface area (Å²) in [6.07, 6.45) is 2.28. The first-order valence-corrected chi connectivity index (χ1v) is 2.49. The molecule has 0 aromatic rings. The van der Waals surface area contributed by atoms with E-state index in [4.69, 9.17) is 5.11 Å². The molecule has 1 saturated carbocycles. The first kappa shape index (κ1) is 4.13. The van der Waals surface area contributed by atoms with Crippen LogP contribution in [0.25, 0.3) is 0 Å². The fourth-order valence-electron chi connectivity index (χ4n) is 0.649. The summed E-state index contributed by atoms with van der Waals surface area (Å²) >= 11 is 0. The van der Waals surface area contributed by atoms with Gasteiger partial charge in [0.2, 0.25) is 0 Å². The molecule has 1 aliphatic carbocycles. The maximum Gasteiger partial charge on any atom is 0.0565 e. The van der Waals surface area contributed by atoms with E-state index in [1.165, 1.54) is 6.42 Å². The van der Waals surface area contributed by atoms with Gasteiger partial charge in [0.05, 0.1) is 6.10 Å². The minimum absolute atomic E-state index is 0.0324. The molecule has 2 atom stereocenters. The summed E-state index contributed by atoms with van der Waals surface area (Å²) in [5, 5.41) is 8.72. The molecule has 1 heteroatoms. The molecule has 0 aliphatic heterocycles. The van der Waals surface area contributed by atoms with E-state index in [1.807, 2.05) is 0 Å². The summed E-state index contributed by atoms with van der Waals surface area (Å²) in [6.45, 7) is 2.08. The lowest BCUT2D eigenvalue weighted by molar-refractivity contribution is 0.0346. The van der Waals surface area contributed by atoms with Crippen LogP contribution in [0.1, 0.15) is 19.8 Å². The molecule has 0 heterocycles. The molecular weight excluding hydrogens is 76.1 g/mol. The van der Waals surface area contributed by atoms with Crippen molar-refractivity contribution in [2.75, 3.05) is 0 Å². The predicted molar refractivity (Wildman–Crippen MR) is 24.4 cm³/mol. The number of rotatable bonds is 0. The van der Waals surface area contributed by atoms with Gasteiger partial charge in [-0.05, 0) is 18.8 Å². The molecule has 0 aromatic carbocycles. The Hall–Kier alpha value is -0.0400. The largest absolute Gasteiger partial charge is 0.393 e. The molecule has 1 aliphatic rings. The van der Waals surface area contributed by atoms with Crippen LogP contribution in [0.4, 0.5) is 0 Å². The van der Waals surface area contributed by atoms with Gasteiger partial charge in [-0.15, -0.1) is 0 Å². The van der Waals surface area contributed by atoms with Crippen LogP contribution >= 0.6 is 0 Å². The molecule has 0 bridgehead atoms. The maximum atomic E-state index is 8.72. The Bertz CT molecular complexity index is 43.9. The van der Waals surface area contributed by atoms with Gasteiger partial charge in [0, 0.05) is 0 Å². The van der Waals surface area contributed by atoms with Gasteiger partial charge in [-0.3, -0.25) is 0 Å². The van der Waals surface area contributed by atoms with Gasteiger partial charge in [-0.25, -0.2) is 0 Å². The normalized spacial score (nSPS) is 45.0. The Morgan fingerprint density at radius 3 is 2.00 bits per heavy atom. The summed E-state index contributed by atoms with van der Waals surface area (Å²) in [7, 11) is 0. The van der Waals surface area contributed by atoms with E-state index >= 15 is 0 Å². The van der Waals surface area contributed by atoms with E-state index in [0.29, 0.717) is 5.92 Å². The molecule has 1 N–H and O–H groups in total. The smallest absolute Gasteiger partial charge is 0.0565 e. The van der Waals surface area contributed by atoms with Gasteiger partial charge < -0.3 is 5.11 Å². The van der Waals surface area contributed by atoms with Gasteiger partial charge in [0.1, 0.15) is 0 Å². The molecule has 36 valence electrons. The molecule has 0 radical (unpaired) electrons. The molecule has 0 spiro atoms. The number of aliphatic hydroxyl groups is 1. The van der Waals surface area contributed by atoms with Crippen molar-refractivity contribution in [3.63, 3.8) is 0 Å². The second-order valence-electron chi connectivity index (χ2n) is 2.12. The third-order valence-corrected chi connectivity index (χ3v) is 1.57. The van der Waals surface area contributed by atoms with Crippen LogP contribution < -0.4 is 0 Å². The van der Waals surface area contributed by atoms with E-state index in [-0.39, 0.29) is 6.10 Å². The number of hydrogen-bond acceptors (Lipinski definition) is 1. The second kappa shape index (κ2) is 1.23. The zero-order valence-electron chi connectivity index (χ0n) is 4.02. The molecule has 0 amide bonds.